The van der Waals surface area contributed by atoms with E-state index in [0.717, 1.165) is 114 Å². The predicted octanol–water partition coefficient (Wildman–Crippen LogP) is 22.0. The van der Waals surface area contributed by atoms with Crippen LogP contribution in [0.4, 0.5) is 0 Å². The third-order valence-electron chi connectivity index (χ3n) is 18.3. The second-order valence-corrected chi connectivity index (χ2v) is 31.7. The average molecular weight is 1400 g/mol. The summed E-state index contributed by atoms with van der Waals surface area (Å²) < 4.78 is 68.5. The molecule has 0 aromatic heterocycles. The molecule has 95 heavy (non-hydrogen) atoms. The van der Waals surface area contributed by atoms with Gasteiger partial charge in [-0.05, 0) is 49.4 Å². The molecule has 0 aliphatic heterocycles. The number of hydrogen-bond acceptors (Lipinski definition) is 15. The van der Waals surface area contributed by atoms with Crippen LogP contribution < -0.4 is 0 Å². The molecule has 3 N–H and O–H groups in total. The molecule has 0 spiro atoms. The molecule has 0 saturated carbocycles. The first-order valence-electron chi connectivity index (χ1n) is 39.3. The van der Waals surface area contributed by atoms with E-state index in [2.05, 4.69) is 55.4 Å². The Morgan fingerprint density at radius 1 is 0.295 bits per heavy atom. The lowest BCUT2D eigenvalue weighted by molar-refractivity contribution is -0.161. The molecule has 564 valence electrons. The van der Waals surface area contributed by atoms with Crippen molar-refractivity contribution in [1.29, 1.82) is 0 Å². The lowest BCUT2D eigenvalue weighted by Crippen LogP contribution is -2.30. The fourth-order valence-corrected chi connectivity index (χ4v) is 13.1. The SMILES string of the molecule is CCC(C)CCCCCCCCCCC(=O)OC[C@H](COP(=O)(O)OCC(O)COP(=O)(O)OC[C@@H](COC(=O)CCCCCCCCCC(C)C)OC(=O)CCCCCCCCCCCCCCCCCCCCC(C)C)OC(=O)CCCCCCCCCCC(C)CC. The smallest absolute Gasteiger partial charge is 0.462 e. The van der Waals surface area contributed by atoms with Crippen molar-refractivity contribution in [3.63, 3.8) is 0 Å². The van der Waals surface area contributed by atoms with Gasteiger partial charge in [-0.3, -0.25) is 37.3 Å². The Morgan fingerprint density at radius 2 is 0.505 bits per heavy atom. The second-order valence-electron chi connectivity index (χ2n) is 28.8. The first-order chi connectivity index (χ1) is 45.7. The summed E-state index contributed by atoms with van der Waals surface area (Å²) >= 11 is 0. The number of hydrogen-bond donors (Lipinski definition) is 3. The number of unbranched alkanes of at least 4 members (excludes halogenated alkanes) is 37. The van der Waals surface area contributed by atoms with E-state index in [1.807, 2.05) is 0 Å². The van der Waals surface area contributed by atoms with Crippen molar-refractivity contribution >= 4 is 39.5 Å². The minimum absolute atomic E-state index is 0.104. The van der Waals surface area contributed by atoms with Crippen LogP contribution in [0.15, 0.2) is 0 Å². The van der Waals surface area contributed by atoms with E-state index in [1.54, 1.807) is 0 Å². The van der Waals surface area contributed by atoms with Gasteiger partial charge in [0.05, 0.1) is 26.4 Å². The van der Waals surface area contributed by atoms with Gasteiger partial charge in [0.15, 0.2) is 12.2 Å². The number of phosphoric acid groups is 2. The van der Waals surface area contributed by atoms with Crippen LogP contribution in [0, 0.1) is 23.7 Å². The Morgan fingerprint density at radius 3 is 0.747 bits per heavy atom. The summed E-state index contributed by atoms with van der Waals surface area (Å²) in [5.41, 5.74) is 0. The lowest BCUT2D eigenvalue weighted by Gasteiger charge is -2.21. The molecule has 7 atom stereocenters. The van der Waals surface area contributed by atoms with Crippen LogP contribution in [-0.2, 0) is 65.4 Å². The minimum atomic E-state index is -4.96. The van der Waals surface area contributed by atoms with Gasteiger partial charge in [0.2, 0.25) is 0 Å². The first-order valence-corrected chi connectivity index (χ1v) is 42.3. The molecule has 0 radical (unpaired) electrons. The molecule has 0 aliphatic rings. The molecule has 0 aromatic carbocycles. The molecular weight excluding hydrogens is 1250 g/mol. The zero-order valence-corrected chi connectivity index (χ0v) is 64.1. The number of phosphoric ester groups is 2. The Bertz CT molecular complexity index is 1870. The average Bonchev–Trinajstić information content (AvgIpc) is 1.54. The highest BCUT2D eigenvalue weighted by molar-refractivity contribution is 7.47. The molecule has 5 unspecified atom stereocenters. The molecule has 0 aliphatic carbocycles. The van der Waals surface area contributed by atoms with Crippen LogP contribution in [0.2, 0.25) is 0 Å². The Hall–Kier alpha value is -1.94. The van der Waals surface area contributed by atoms with Gasteiger partial charge in [-0.15, -0.1) is 0 Å². The summed E-state index contributed by atoms with van der Waals surface area (Å²) in [5, 5.41) is 10.6. The van der Waals surface area contributed by atoms with Crippen LogP contribution in [0.3, 0.4) is 0 Å². The van der Waals surface area contributed by atoms with Crippen LogP contribution in [-0.4, -0.2) is 96.7 Å². The number of carbonyl (C=O) groups excluding carboxylic acids is 4. The van der Waals surface area contributed by atoms with Crippen LogP contribution in [0.5, 0.6) is 0 Å². The lowest BCUT2D eigenvalue weighted by atomic mass is 9.99. The predicted molar refractivity (Wildman–Crippen MR) is 386 cm³/mol. The number of ether oxygens (including phenoxy) is 4. The van der Waals surface area contributed by atoms with Crippen molar-refractivity contribution in [1.82, 2.24) is 0 Å². The highest BCUT2D eigenvalue weighted by atomic mass is 31.2. The monoisotopic (exact) mass is 1400 g/mol. The maximum atomic E-state index is 13.1. The van der Waals surface area contributed by atoms with E-state index in [4.69, 9.17) is 37.0 Å². The Labute approximate surface area is 581 Å². The van der Waals surface area contributed by atoms with Crippen molar-refractivity contribution in [3.05, 3.63) is 0 Å². The van der Waals surface area contributed by atoms with Crippen LogP contribution >= 0.6 is 15.6 Å². The number of aliphatic hydroxyl groups excluding tert-OH is 1. The van der Waals surface area contributed by atoms with Crippen LogP contribution in [0.1, 0.15) is 383 Å². The molecule has 0 amide bonds. The summed E-state index contributed by atoms with van der Waals surface area (Å²) in [6.45, 7) is 14.2. The largest absolute Gasteiger partial charge is 0.472 e. The third kappa shape index (κ3) is 67.6. The summed E-state index contributed by atoms with van der Waals surface area (Å²) in [7, 11) is -9.91. The quantitative estimate of drug-likeness (QED) is 0.0222. The number of carbonyl (C=O) groups is 4. The van der Waals surface area contributed by atoms with Gasteiger partial charge >= 0.3 is 39.5 Å². The van der Waals surface area contributed by atoms with Crippen molar-refractivity contribution < 1.29 is 80.2 Å². The van der Waals surface area contributed by atoms with Crippen molar-refractivity contribution in [2.45, 2.75) is 401 Å². The molecule has 19 heteroatoms. The summed E-state index contributed by atoms with van der Waals surface area (Å²) in [5.74, 6) is 0.948. The Balaban J connectivity index is 5.19. The number of rotatable bonds is 73. The summed E-state index contributed by atoms with van der Waals surface area (Å²) in [4.78, 5) is 72.8. The van der Waals surface area contributed by atoms with Gasteiger partial charge in [0.1, 0.15) is 19.3 Å². The van der Waals surface area contributed by atoms with Crippen molar-refractivity contribution in [2.75, 3.05) is 39.6 Å². The molecule has 0 fully saturated rings. The molecule has 0 aromatic rings. The second kappa shape index (κ2) is 65.4. The van der Waals surface area contributed by atoms with E-state index in [0.29, 0.717) is 31.6 Å². The van der Waals surface area contributed by atoms with E-state index in [1.165, 1.54) is 180 Å². The fourth-order valence-electron chi connectivity index (χ4n) is 11.5. The standard InChI is InChI=1S/C76H148O17P2/c1-9-68(7)54-46-38-30-23-25-32-40-48-56-73(78)86-62-71(93-76(81)59-51-43-34-26-24-31-39-47-55-69(8)10-2)64-90-94(82,83)88-60-70(77)61-89-95(84,85)91-65-72(63-87-74(79)57-49-41-35-27-29-37-45-53-67(5)6)92-75(80)58-50-42-33-22-20-18-16-14-12-11-13-15-17-19-21-28-36-44-52-66(3)4/h66-72,77H,9-65H2,1-8H3,(H,82,83)(H,84,85)/t68?,69?,70?,71-,72-/m1/s1. The molecule has 0 heterocycles. The zero-order valence-electron chi connectivity index (χ0n) is 62.3. The highest BCUT2D eigenvalue weighted by Crippen LogP contribution is 2.45. The van der Waals surface area contributed by atoms with Gasteiger partial charge < -0.3 is 33.8 Å². The fraction of sp³-hybridized carbons (Fsp3) is 0.947. The highest BCUT2D eigenvalue weighted by Gasteiger charge is 2.30. The molecule has 0 saturated heterocycles. The van der Waals surface area contributed by atoms with Gasteiger partial charge in [-0.25, -0.2) is 9.13 Å². The summed E-state index contributed by atoms with van der Waals surface area (Å²) in [6.07, 6.45) is 50.1. The minimum Gasteiger partial charge on any atom is -0.462 e. The van der Waals surface area contributed by atoms with Gasteiger partial charge in [-0.1, -0.05) is 331 Å². The van der Waals surface area contributed by atoms with Gasteiger partial charge in [0, 0.05) is 25.7 Å². The first kappa shape index (κ1) is 93.1. The van der Waals surface area contributed by atoms with Crippen molar-refractivity contribution in [2.24, 2.45) is 23.7 Å². The molecule has 17 nitrogen and oxygen atoms in total. The maximum absolute atomic E-state index is 13.1. The van der Waals surface area contributed by atoms with E-state index in [9.17, 15) is 43.2 Å². The van der Waals surface area contributed by atoms with E-state index in [-0.39, 0.29) is 25.7 Å². The molecule has 0 rings (SSSR count). The zero-order chi connectivity index (χ0) is 70.3. The summed E-state index contributed by atoms with van der Waals surface area (Å²) in [6, 6.07) is 0. The van der Waals surface area contributed by atoms with E-state index >= 15 is 0 Å². The number of aliphatic hydroxyl groups is 1. The Kier molecular flexibility index (Phi) is 64.0. The normalized spacial score (nSPS) is 14.7. The number of esters is 4. The van der Waals surface area contributed by atoms with Crippen molar-refractivity contribution in [3.8, 4) is 0 Å². The topological polar surface area (TPSA) is 237 Å². The maximum Gasteiger partial charge on any atom is 0.472 e. The molecular formula is C76H148O17P2. The van der Waals surface area contributed by atoms with Crippen LogP contribution in [0.25, 0.3) is 0 Å². The van der Waals surface area contributed by atoms with E-state index < -0.39 is 97.5 Å². The third-order valence-corrected chi connectivity index (χ3v) is 20.2. The van der Waals surface area contributed by atoms with Gasteiger partial charge in [-0.2, -0.15) is 0 Å². The van der Waals surface area contributed by atoms with Gasteiger partial charge in [0.25, 0.3) is 0 Å². The molecule has 0 bridgehead atoms.